The zero-order chi connectivity index (χ0) is 35.8. The van der Waals surface area contributed by atoms with Crippen LogP contribution in [0, 0.1) is 58.2 Å². The van der Waals surface area contributed by atoms with Gasteiger partial charge in [-0.2, -0.15) is 0 Å². The molecule has 0 saturated heterocycles. The van der Waals surface area contributed by atoms with E-state index in [1.165, 1.54) is 36.4 Å². The second kappa shape index (κ2) is 10.1. The van der Waals surface area contributed by atoms with Gasteiger partial charge in [-0.3, -0.25) is 19.2 Å². The number of rotatable bonds is 2. The number of nitrogens with zero attached hydrogens (tertiary/aromatic N) is 2. The Morgan fingerprint density at radius 3 is 0.800 bits per heavy atom. The summed E-state index contributed by atoms with van der Waals surface area (Å²) in [6.07, 6.45) is 0. The van der Waals surface area contributed by atoms with Crippen molar-refractivity contribution in [1.82, 2.24) is 9.13 Å². The van der Waals surface area contributed by atoms with Crippen LogP contribution in [0.1, 0.15) is 0 Å². The van der Waals surface area contributed by atoms with Gasteiger partial charge in [0.25, 0.3) is 22.2 Å². The highest BCUT2D eigenvalue weighted by atomic mass is 19.2. The van der Waals surface area contributed by atoms with Gasteiger partial charge in [0.2, 0.25) is 11.6 Å². The lowest BCUT2D eigenvalue weighted by atomic mass is 9.94. The van der Waals surface area contributed by atoms with E-state index < -0.39 is 113 Å². The molecule has 0 aliphatic heterocycles. The molecular weight excluding hydrogens is 690 g/mol. The van der Waals surface area contributed by atoms with Gasteiger partial charge in [-0.25, -0.2) is 53.0 Å². The lowest BCUT2D eigenvalue weighted by Crippen LogP contribution is -2.27. The van der Waals surface area contributed by atoms with E-state index in [1.807, 2.05) is 0 Å². The Hall–Kier alpha value is -6.32. The Morgan fingerprint density at radius 1 is 0.280 bits per heavy atom. The van der Waals surface area contributed by atoms with Crippen LogP contribution in [0.3, 0.4) is 0 Å². The Bertz CT molecular complexity index is 2870. The third kappa shape index (κ3) is 3.64. The first-order chi connectivity index (χ1) is 23.7. The van der Waals surface area contributed by atoms with E-state index in [9.17, 15) is 63.1 Å². The molecule has 0 fully saturated rings. The molecule has 0 aliphatic rings. The summed E-state index contributed by atoms with van der Waals surface area (Å²) in [6, 6.07) is 10.2. The lowest BCUT2D eigenvalue weighted by molar-refractivity contribution is 0.375. The number of fused-ring (bicyclic) bond motifs is 9. The Kier molecular flexibility index (Phi) is 6.26. The third-order valence-electron chi connectivity index (χ3n) is 8.72. The summed E-state index contributed by atoms with van der Waals surface area (Å²) in [5.41, 5.74) is -9.05. The molecule has 6 aromatic carbocycles. The molecule has 0 radical (unpaired) electrons. The molecule has 2 aromatic heterocycles. The molecule has 2 heterocycles. The van der Waals surface area contributed by atoms with Crippen LogP contribution in [0.4, 0.5) is 43.9 Å². The van der Waals surface area contributed by atoms with E-state index in [1.54, 1.807) is 0 Å². The molecule has 0 amide bonds. The summed E-state index contributed by atoms with van der Waals surface area (Å²) in [5.74, 6) is -24.1. The quantitative estimate of drug-likeness (QED) is 0.0868. The third-order valence-corrected chi connectivity index (χ3v) is 8.72. The van der Waals surface area contributed by atoms with Gasteiger partial charge in [0.15, 0.2) is 46.5 Å². The molecule has 0 saturated carbocycles. The molecule has 16 heteroatoms. The standard InChI is InChI=1S/C34H8F10N2O4/c35-19-21(37)25(41)29(26(42)22(19)38)45-31(47)15-8-4-12-10-2-6-14-11(9(10)1-5-13(12)17(15)33(45)49)3-7-16-18(14)34(50)46(32(16)48)30-27(43)23(39)20(36)24(40)28(30)44/h1-8H. The summed E-state index contributed by atoms with van der Waals surface area (Å²) < 4.78 is 142. The van der Waals surface area contributed by atoms with Gasteiger partial charge in [0, 0.05) is 0 Å². The minimum Gasteiger partial charge on any atom is -0.268 e. The minimum atomic E-state index is -2.49. The molecule has 0 atom stereocenters. The van der Waals surface area contributed by atoms with Crippen LogP contribution in [0.2, 0.25) is 0 Å². The van der Waals surface area contributed by atoms with Crippen LogP contribution in [-0.2, 0) is 0 Å². The summed E-state index contributed by atoms with van der Waals surface area (Å²) in [7, 11) is 0. The average Bonchev–Trinajstić information content (AvgIpc) is 3.52. The fourth-order valence-corrected chi connectivity index (χ4v) is 6.49. The van der Waals surface area contributed by atoms with Crippen LogP contribution in [0.15, 0.2) is 67.7 Å². The molecule has 6 nitrogen and oxygen atoms in total. The minimum absolute atomic E-state index is 0.0176. The normalized spacial score (nSPS) is 12.1. The van der Waals surface area contributed by atoms with E-state index in [0.29, 0.717) is 10.8 Å². The number of hydrogen-bond donors (Lipinski definition) is 0. The fourth-order valence-electron chi connectivity index (χ4n) is 6.49. The monoisotopic (exact) mass is 698 g/mol. The Labute approximate surface area is 266 Å². The van der Waals surface area contributed by atoms with Gasteiger partial charge in [-0.15, -0.1) is 0 Å². The highest BCUT2D eigenvalue weighted by Crippen LogP contribution is 2.36. The fraction of sp³-hybridized carbons (Fsp3) is 0. The smallest absolute Gasteiger partial charge is 0.266 e. The van der Waals surface area contributed by atoms with Crippen LogP contribution >= 0.6 is 0 Å². The summed E-state index contributed by atoms with van der Waals surface area (Å²) in [5, 5.41) is -0.541. The van der Waals surface area contributed by atoms with Gasteiger partial charge in [0.05, 0.1) is 21.5 Å². The second-order valence-electron chi connectivity index (χ2n) is 11.1. The van der Waals surface area contributed by atoms with Crippen molar-refractivity contribution in [1.29, 1.82) is 0 Å². The Morgan fingerprint density at radius 2 is 0.500 bits per heavy atom. The molecule has 248 valence electrons. The number of hydrogen-bond acceptors (Lipinski definition) is 4. The SMILES string of the molecule is O=c1c2ccc3c4ccc5c(ccc6c(=O)n(-c7c(F)c(F)c(F)c(F)c7F)c(=O)c65)c4ccc3c2c(=O)n1-c1c(F)c(F)c(F)c(F)c1F. The maximum Gasteiger partial charge on any atom is 0.266 e. The van der Waals surface area contributed by atoms with Gasteiger partial charge >= 0.3 is 0 Å². The van der Waals surface area contributed by atoms with E-state index in [4.69, 9.17) is 0 Å². The van der Waals surface area contributed by atoms with E-state index >= 15 is 0 Å². The summed E-state index contributed by atoms with van der Waals surface area (Å²) in [6.45, 7) is 0. The van der Waals surface area contributed by atoms with Crippen molar-refractivity contribution in [2.24, 2.45) is 0 Å². The molecule has 0 unspecified atom stereocenters. The Balaban J connectivity index is 1.41. The van der Waals surface area contributed by atoms with Crippen molar-refractivity contribution in [3.8, 4) is 11.4 Å². The summed E-state index contributed by atoms with van der Waals surface area (Å²) in [4.78, 5) is 53.3. The highest BCUT2D eigenvalue weighted by Gasteiger charge is 2.32. The first kappa shape index (κ1) is 31.0. The predicted octanol–water partition coefficient (Wildman–Crippen LogP) is 6.74. The lowest BCUT2D eigenvalue weighted by Gasteiger charge is -2.09. The molecule has 8 aromatic rings. The predicted molar refractivity (Wildman–Crippen MR) is 160 cm³/mol. The average molecular weight is 698 g/mol. The number of aromatic nitrogens is 2. The maximum atomic E-state index is 14.7. The first-order valence-electron chi connectivity index (χ1n) is 13.9. The van der Waals surface area contributed by atoms with E-state index in [2.05, 4.69) is 0 Å². The van der Waals surface area contributed by atoms with Crippen molar-refractivity contribution in [3.05, 3.63) is 148 Å². The second-order valence-corrected chi connectivity index (χ2v) is 11.1. The molecular formula is C34H8F10N2O4. The molecule has 50 heavy (non-hydrogen) atoms. The van der Waals surface area contributed by atoms with Crippen molar-refractivity contribution in [3.63, 3.8) is 0 Å². The maximum absolute atomic E-state index is 14.7. The largest absolute Gasteiger partial charge is 0.268 e. The van der Waals surface area contributed by atoms with Crippen molar-refractivity contribution in [2.45, 2.75) is 0 Å². The number of benzene rings is 6. The molecule has 0 spiro atoms. The zero-order valence-corrected chi connectivity index (χ0v) is 23.9. The highest BCUT2D eigenvalue weighted by molar-refractivity contribution is 6.25. The van der Waals surface area contributed by atoms with Crippen LogP contribution in [0.25, 0.3) is 65.2 Å². The first-order valence-corrected chi connectivity index (χ1v) is 13.9. The van der Waals surface area contributed by atoms with E-state index in [0.717, 1.165) is 12.1 Å². The van der Waals surface area contributed by atoms with Crippen LogP contribution in [-0.4, -0.2) is 9.13 Å². The van der Waals surface area contributed by atoms with Gasteiger partial charge < -0.3 is 0 Å². The van der Waals surface area contributed by atoms with Crippen LogP contribution in [0.5, 0.6) is 0 Å². The van der Waals surface area contributed by atoms with Crippen molar-refractivity contribution < 1.29 is 43.9 Å². The van der Waals surface area contributed by atoms with Gasteiger partial charge in [-0.05, 0) is 44.5 Å². The van der Waals surface area contributed by atoms with Crippen LogP contribution < -0.4 is 22.2 Å². The molecule has 8 rings (SSSR count). The molecule has 0 bridgehead atoms. The van der Waals surface area contributed by atoms with Crippen molar-refractivity contribution >= 4 is 53.9 Å². The van der Waals surface area contributed by atoms with Crippen molar-refractivity contribution in [2.75, 3.05) is 0 Å². The van der Waals surface area contributed by atoms with E-state index in [-0.39, 0.29) is 30.7 Å². The number of halogens is 10. The summed E-state index contributed by atoms with van der Waals surface area (Å²) >= 11 is 0. The van der Waals surface area contributed by atoms with Gasteiger partial charge in [-0.1, -0.05) is 36.4 Å². The topological polar surface area (TPSA) is 78.1 Å². The zero-order valence-electron chi connectivity index (χ0n) is 23.9. The van der Waals surface area contributed by atoms with Gasteiger partial charge in [0.1, 0.15) is 11.4 Å². The molecule has 0 N–H and O–H groups in total. The molecule has 0 aliphatic carbocycles.